The van der Waals surface area contributed by atoms with E-state index < -0.39 is 0 Å². The van der Waals surface area contributed by atoms with Gasteiger partial charge in [-0.05, 0) is 47.5 Å². The Hall–Kier alpha value is -6.43. The Morgan fingerprint density at radius 2 is 1.16 bits per heavy atom. The van der Waals surface area contributed by atoms with Crippen molar-refractivity contribution >= 4 is 53.4 Å². The van der Waals surface area contributed by atoms with Crippen molar-refractivity contribution in [2.75, 3.05) is 0 Å². The molecule has 0 aliphatic carbocycles. The number of fused-ring (bicyclic) bond motifs is 6. The van der Waals surface area contributed by atoms with Gasteiger partial charge >= 0.3 is 0 Å². The highest BCUT2D eigenvalue weighted by atomic mass is 32.1. The molecular formula is C45H27N3OS. The molecule has 0 radical (unpaired) electrons. The van der Waals surface area contributed by atoms with Gasteiger partial charge < -0.3 is 4.42 Å². The fraction of sp³-hybridized carbons (Fsp3) is 0. The van der Waals surface area contributed by atoms with Crippen molar-refractivity contribution in [3.05, 3.63) is 164 Å². The Kier molecular flexibility index (Phi) is 6.64. The van der Waals surface area contributed by atoms with E-state index in [0.717, 1.165) is 72.3 Å². The van der Waals surface area contributed by atoms with Crippen molar-refractivity contribution < 1.29 is 4.42 Å². The minimum atomic E-state index is 0.654. The molecule has 6 aromatic carbocycles. The SMILES string of the molecule is c1ccc(-c2cc(-c3ccc(-c4cccnc4)cc3)nc(-c3ccc(-c4cccc5c4sc4ccccc45)c4oc5ccccc5c34)n2)cc1. The molecule has 0 unspecified atom stereocenters. The molecule has 0 aliphatic heterocycles. The molecule has 5 heteroatoms. The zero-order valence-corrected chi connectivity index (χ0v) is 27.6. The van der Waals surface area contributed by atoms with E-state index in [1.54, 1.807) is 6.20 Å². The maximum atomic E-state index is 6.75. The minimum Gasteiger partial charge on any atom is -0.455 e. The van der Waals surface area contributed by atoms with E-state index in [2.05, 4.69) is 120 Å². The van der Waals surface area contributed by atoms with Crippen molar-refractivity contribution in [1.82, 2.24) is 15.0 Å². The highest BCUT2D eigenvalue weighted by Crippen LogP contribution is 2.46. The van der Waals surface area contributed by atoms with Crippen LogP contribution in [0.2, 0.25) is 0 Å². The van der Waals surface area contributed by atoms with Crippen molar-refractivity contribution in [2.45, 2.75) is 0 Å². The first-order chi connectivity index (χ1) is 24.8. The molecule has 234 valence electrons. The molecule has 0 atom stereocenters. The summed E-state index contributed by atoms with van der Waals surface area (Å²) in [7, 11) is 0. The summed E-state index contributed by atoms with van der Waals surface area (Å²) >= 11 is 1.83. The number of thiophene rings is 1. The number of hydrogen-bond acceptors (Lipinski definition) is 5. The van der Waals surface area contributed by atoms with Gasteiger partial charge in [0.1, 0.15) is 11.2 Å². The maximum Gasteiger partial charge on any atom is 0.161 e. The van der Waals surface area contributed by atoms with Gasteiger partial charge in [0.2, 0.25) is 0 Å². The predicted molar refractivity (Wildman–Crippen MR) is 207 cm³/mol. The molecule has 4 aromatic heterocycles. The number of para-hydroxylation sites is 1. The second-order valence-electron chi connectivity index (χ2n) is 12.4. The number of nitrogens with zero attached hydrogens (tertiary/aromatic N) is 3. The third kappa shape index (κ3) is 4.71. The molecular weight excluding hydrogens is 631 g/mol. The van der Waals surface area contributed by atoms with E-state index in [-0.39, 0.29) is 0 Å². The fourth-order valence-corrected chi connectivity index (χ4v) is 8.26. The Labute approximate surface area is 292 Å². The first-order valence-corrected chi connectivity index (χ1v) is 17.4. The van der Waals surface area contributed by atoms with Crippen LogP contribution in [0.1, 0.15) is 0 Å². The number of pyridine rings is 1. The Morgan fingerprint density at radius 3 is 1.98 bits per heavy atom. The van der Waals surface area contributed by atoms with Crippen LogP contribution < -0.4 is 0 Å². The van der Waals surface area contributed by atoms with Crippen LogP contribution in [0.3, 0.4) is 0 Å². The maximum absolute atomic E-state index is 6.75. The Morgan fingerprint density at radius 1 is 0.480 bits per heavy atom. The standard InChI is InChI=1S/C45H27N3OS/c1-2-10-29(11-3-1)38-26-39(30-21-19-28(20-22-30)31-12-9-25-46-27-31)48-45(47-38)37-24-23-33(43-42(37)36-14-4-6-17-40(36)49-43)35-16-8-15-34-32-13-5-7-18-41(32)50-44(34)35/h1-27H. The lowest BCUT2D eigenvalue weighted by Gasteiger charge is -2.12. The third-order valence-electron chi connectivity index (χ3n) is 9.43. The van der Waals surface area contributed by atoms with E-state index in [4.69, 9.17) is 14.4 Å². The molecule has 4 heterocycles. The summed E-state index contributed by atoms with van der Waals surface area (Å²) in [6.45, 7) is 0. The number of hydrogen-bond donors (Lipinski definition) is 0. The topological polar surface area (TPSA) is 51.8 Å². The summed E-state index contributed by atoms with van der Waals surface area (Å²) in [4.78, 5) is 14.8. The molecule has 0 amide bonds. The van der Waals surface area contributed by atoms with E-state index in [9.17, 15) is 0 Å². The predicted octanol–water partition coefficient (Wildman–Crippen LogP) is 12.5. The van der Waals surface area contributed by atoms with Crippen LogP contribution >= 0.6 is 11.3 Å². The lowest BCUT2D eigenvalue weighted by Crippen LogP contribution is -1.97. The number of rotatable bonds is 5. The summed E-state index contributed by atoms with van der Waals surface area (Å²) in [5.74, 6) is 0.654. The minimum absolute atomic E-state index is 0.654. The van der Waals surface area contributed by atoms with Crippen LogP contribution in [0.5, 0.6) is 0 Å². The van der Waals surface area contributed by atoms with Gasteiger partial charge in [-0.2, -0.15) is 0 Å². The summed E-state index contributed by atoms with van der Waals surface area (Å²) in [5.41, 5.74) is 10.8. The van der Waals surface area contributed by atoms with Crippen LogP contribution in [0.25, 0.3) is 98.3 Å². The van der Waals surface area contributed by atoms with Crippen LogP contribution in [-0.2, 0) is 0 Å². The van der Waals surface area contributed by atoms with Gasteiger partial charge in [-0.15, -0.1) is 11.3 Å². The smallest absolute Gasteiger partial charge is 0.161 e. The molecule has 0 N–H and O–H groups in total. The van der Waals surface area contributed by atoms with Gasteiger partial charge in [0.25, 0.3) is 0 Å². The van der Waals surface area contributed by atoms with Gasteiger partial charge in [-0.3, -0.25) is 4.98 Å². The monoisotopic (exact) mass is 657 g/mol. The van der Waals surface area contributed by atoms with Crippen LogP contribution in [0, 0.1) is 0 Å². The summed E-state index contributed by atoms with van der Waals surface area (Å²) in [6.07, 6.45) is 3.68. The van der Waals surface area contributed by atoms with Crippen molar-refractivity contribution in [3.8, 4) is 56.2 Å². The van der Waals surface area contributed by atoms with Crippen LogP contribution in [0.4, 0.5) is 0 Å². The average Bonchev–Trinajstić information content (AvgIpc) is 3.78. The third-order valence-corrected chi connectivity index (χ3v) is 10.7. The molecule has 0 bridgehead atoms. The van der Waals surface area contributed by atoms with Gasteiger partial charge in [-0.1, -0.05) is 115 Å². The highest BCUT2D eigenvalue weighted by molar-refractivity contribution is 7.26. The molecule has 0 fully saturated rings. The second-order valence-corrected chi connectivity index (χ2v) is 13.4. The van der Waals surface area contributed by atoms with Crippen molar-refractivity contribution in [2.24, 2.45) is 0 Å². The molecule has 0 spiro atoms. The van der Waals surface area contributed by atoms with E-state index in [1.807, 2.05) is 53.9 Å². The van der Waals surface area contributed by atoms with E-state index in [1.165, 1.54) is 20.2 Å². The summed E-state index contributed by atoms with van der Waals surface area (Å²) in [6, 6.07) is 52.8. The molecule has 10 rings (SSSR count). The first-order valence-electron chi connectivity index (χ1n) is 16.6. The zero-order chi connectivity index (χ0) is 33.0. The molecule has 0 saturated carbocycles. The van der Waals surface area contributed by atoms with Gasteiger partial charge in [0, 0.05) is 71.2 Å². The number of furan rings is 1. The van der Waals surface area contributed by atoms with Crippen molar-refractivity contribution in [3.63, 3.8) is 0 Å². The number of aromatic nitrogens is 3. The van der Waals surface area contributed by atoms with Gasteiger partial charge in [0.15, 0.2) is 5.82 Å². The van der Waals surface area contributed by atoms with Gasteiger partial charge in [0.05, 0.1) is 11.4 Å². The molecule has 10 aromatic rings. The molecule has 0 saturated heterocycles. The van der Waals surface area contributed by atoms with E-state index in [0.29, 0.717) is 5.82 Å². The lowest BCUT2D eigenvalue weighted by atomic mass is 9.96. The Balaban J connectivity index is 1.20. The fourth-order valence-electron chi connectivity index (χ4n) is 7.03. The van der Waals surface area contributed by atoms with Crippen molar-refractivity contribution in [1.29, 1.82) is 0 Å². The quantitative estimate of drug-likeness (QED) is 0.185. The molecule has 50 heavy (non-hydrogen) atoms. The highest BCUT2D eigenvalue weighted by Gasteiger charge is 2.21. The molecule has 4 nitrogen and oxygen atoms in total. The molecule has 0 aliphatic rings. The van der Waals surface area contributed by atoms with Crippen LogP contribution in [-0.4, -0.2) is 15.0 Å². The Bertz CT molecular complexity index is 2860. The van der Waals surface area contributed by atoms with E-state index >= 15 is 0 Å². The normalized spacial score (nSPS) is 11.6. The number of benzene rings is 6. The van der Waals surface area contributed by atoms with Crippen LogP contribution in [0.15, 0.2) is 168 Å². The zero-order valence-electron chi connectivity index (χ0n) is 26.7. The lowest BCUT2D eigenvalue weighted by molar-refractivity contribution is 0.670. The van der Waals surface area contributed by atoms with Gasteiger partial charge in [-0.25, -0.2) is 9.97 Å². The summed E-state index contributed by atoms with van der Waals surface area (Å²) < 4.78 is 9.28. The summed E-state index contributed by atoms with van der Waals surface area (Å²) in [5, 5.41) is 4.59. The first kappa shape index (κ1) is 28.6. The average molecular weight is 658 g/mol. The largest absolute Gasteiger partial charge is 0.455 e. The second kappa shape index (κ2) is 11.6.